The van der Waals surface area contributed by atoms with E-state index >= 15 is 0 Å². The second-order valence-electron chi connectivity index (χ2n) is 4.26. The molecular weight excluding hydrogens is 230 g/mol. The van der Waals surface area contributed by atoms with E-state index in [0.29, 0.717) is 6.61 Å². The maximum atomic E-state index is 12.0. The highest BCUT2D eigenvalue weighted by Crippen LogP contribution is 2.50. The van der Waals surface area contributed by atoms with Crippen molar-refractivity contribution in [2.75, 3.05) is 11.5 Å². The molecule has 1 amide bonds. The van der Waals surface area contributed by atoms with Crippen molar-refractivity contribution < 1.29 is 14.3 Å². The molecule has 1 aromatic rings. The van der Waals surface area contributed by atoms with Crippen LogP contribution in [0.2, 0.25) is 0 Å². The van der Waals surface area contributed by atoms with Gasteiger partial charge in [0.1, 0.15) is 18.2 Å². The molecule has 2 heterocycles. The molecule has 0 aliphatic carbocycles. The van der Waals surface area contributed by atoms with Gasteiger partial charge in [-0.25, -0.2) is 4.79 Å². The number of terminal acetylenes is 1. The molecule has 0 saturated carbocycles. The van der Waals surface area contributed by atoms with Crippen LogP contribution in [0.25, 0.3) is 0 Å². The molecule has 4 heteroatoms. The number of ether oxygens (including phenoxy) is 2. The van der Waals surface area contributed by atoms with Gasteiger partial charge in [0.25, 0.3) is 0 Å². The minimum absolute atomic E-state index is 0.0212. The molecule has 1 fully saturated rings. The van der Waals surface area contributed by atoms with Gasteiger partial charge < -0.3 is 9.47 Å². The Hall–Kier alpha value is -1.99. The van der Waals surface area contributed by atoms with Crippen LogP contribution in [0.5, 0.6) is 0 Å². The molecule has 0 bridgehead atoms. The molecule has 2 aliphatic rings. The number of epoxide rings is 1. The zero-order chi connectivity index (χ0) is 12.7. The zero-order valence-corrected chi connectivity index (χ0v) is 10.00. The molecular formula is C14H13NO3. The number of fused-ring (bicyclic) bond motifs is 3. The smallest absolute Gasteiger partial charge is 0.415 e. The van der Waals surface area contributed by atoms with Gasteiger partial charge in [0.2, 0.25) is 0 Å². The van der Waals surface area contributed by atoms with Crippen LogP contribution in [0.1, 0.15) is 18.6 Å². The van der Waals surface area contributed by atoms with Gasteiger partial charge in [-0.3, -0.25) is 4.90 Å². The second kappa shape index (κ2) is 4.04. The van der Waals surface area contributed by atoms with Crippen molar-refractivity contribution in [1.82, 2.24) is 0 Å². The van der Waals surface area contributed by atoms with Crippen LogP contribution in [0, 0.1) is 12.3 Å². The number of carbonyl (C=O) groups excluding carboxylic acids is 1. The number of carbonyl (C=O) groups is 1. The Morgan fingerprint density at radius 3 is 3.06 bits per heavy atom. The average molecular weight is 243 g/mol. The molecule has 0 radical (unpaired) electrons. The van der Waals surface area contributed by atoms with Crippen LogP contribution < -0.4 is 4.90 Å². The molecule has 3 rings (SSSR count). The maximum absolute atomic E-state index is 12.0. The Morgan fingerprint density at radius 2 is 2.33 bits per heavy atom. The van der Waals surface area contributed by atoms with Crippen molar-refractivity contribution in [3.63, 3.8) is 0 Å². The summed E-state index contributed by atoms with van der Waals surface area (Å²) in [5.74, 6) is 2.63. The fourth-order valence-electron chi connectivity index (χ4n) is 2.43. The lowest BCUT2D eigenvalue weighted by atomic mass is 9.96. The van der Waals surface area contributed by atoms with Crippen LogP contribution in [0.15, 0.2) is 24.3 Å². The first kappa shape index (κ1) is 11.1. The van der Waals surface area contributed by atoms with Gasteiger partial charge >= 0.3 is 6.09 Å². The number of para-hydroxylation sites is 1. The third-order valence-electron chi connectivity index (χ3n) is 3.25. The third-order valence-corrected chi connectivity index (χ3v) is 3.25. The summed E-state index contributed by atoms with van der Waals surface area (Å²) in [7, 11) is 0. The van der Waals surface area contributed by atoms with E-state index in [4.69, 9.17) is 15.9 Å². The highest BCUT2D eigenvalue weighted by Gasteiger charge is 2.54. The largest absolute Gasteiger partial charge is 0.449 e. The van der Waals surface area contributed by atoms with E-state index in [1.165, 1.54) is 4.90 Å². The number of rotatable bonds is 1. The Bertz CT molecular complexity index is 534. The summed E-state index contributed by atoms with van der Waals surface area (Å²) in [4.78, 5) is 13.6. The highest BCUT2D eigenvalue weighted by molar-refractivity contribution is 5.91. The standard InChI is InChI=1S/C14H13NO3/c1-3-10-13-12(18-13)9-7-5-6-8-11(9)15(10)14(16)17-4-2/h1,5-8,10,12-13H,4H2,2H3/t10?,12-,13+/m0/s1. The zero-order valence-electron chi connectivity index (χ0n) is 10.00. The van der Waals surface area contributed by atoms with Crippen molar-refractivity contribution >= 4 is 11.8 Å². The van der Waals surface area contributed by atoms with Crippen LogP contribution in [-0.4, -0.2) is 24.8 Å². The van der Waals surface area contributed by atoms with Crippen LogP contribution >= 0.6 is 0 Å². The van der Waals surface area contributed by atoms with Gasteiger partial charge in [-0.05, 0) is 13.0 Å². The first-order valence-electron chi connectivity index (χ1n) is 5.94. The highest BCUT2D eigenvalue weighted by atomic mass is 16.6. The monoisotopic (exact) mass is 243 g/mol. The van der Waals surface area contributed by atoms with Crippen LogP contribution in [0.3, 0.4) is 0 Å². The second-order valence-corrected chi connectivity index (χ2v) is 4.26. The molecule has 2 aliphatic heterocycles. The molecule has 92 valence electrons. The average Bonchev–Trinajstić information content (AvgIpc) is 3.17. The van der Waals surface area contributed by atoms with E-state index in [2.05, 4.69) is 5.92 Å². The normalized spacial score (nSPS) is 27.8. The van der Waals surface area contributed by atoms with E-state index in [9.17, 15) is 4.79 Å². The summed E-state index contributed by atoms with van der Waals surface area (Å²) in [6, 6.07) is 7.25. The molecule has 18 heavy (non-hydrogen) atoms. The summed E-state index contributed by atoms with van der Waals surface area (Å²) in [6.07, 6.45) is 5.03. The van der Waals surface area contributed by atoms with E-state index in [0.717, 1.165) is 11.3 Å². The van der Waals surface area contributed by atoms with E-state index in [1.807, 2.05) is 24.3 Å². The lowest BCUT2D eigenvalue weighted by molar-refractivity contribution is 0.157. The van der Waals surface area contributed by atoms with Crippen molar-refractivity contribution in [1.29, 1.82) is 0 Å². The van der Waals surface area contributed by atoms with Gasteiger partial charge in [-0.15, -0.1) is 6.42 Å². The summed E-state index contributed by atoms with van der Waals surface area (Å²) >= 11 is 0. The van der Waals surface area contributed by atoms with Gasteiger partial charge in [0, 0.05) is 5.56 Å². The van der Waals surface area contributed by atoms with E-state index < -0.39 is 6.09 Å². The summed E-state index contributed by atoms with van der Waals surface area (Å²) in [5, 5.41) is 0. The predicted octanol–water partition coefficient (Wildman–Crippen LogP) is 2.10. The predicted molar refractivity (Wildman–Crippen MR) is 66.2 cm³/mol. The van der Waals surface area contributed by atoms with Crippen molar-refractivity contribution in [3.05, 3.63) is 29.8 Å². The number of benzene rings is 1. The lowest BCUT2D eigenvalue weighted by Crippen LogP contribution is -2.45. The molecule has 1 unspecified atom stereocenters. The number of amides is 1. The van der Waals surface area contributed by atoms with Gasteiger partial charge in [0.05, 0.1) is 12.3 Å². The summed E-state index contributed by atoms with van der Waals surface area (Å²) in [5.41, 5.74) is 1.79. The van der Waals surface area contributed by atoms with Crippen molar-refractivity contribution in [2.45, 2.75) is 25.2 Å². The van der Waals surface area contributed by atoms with Crippen LogP contribution in [-0.2, 0) is 9.47 Å². The van der Waals surface area contributed by atoms with Crippen molar-refractivity contribution in [3.8, 4) is 12.3 Å². The quantitative estimate of drug-likeness (QED) is 0.560. The maximum Gasteiger partial charge on any atom is 0.415 e. The fourth-order valence-corrected chi connectivity index (χ4v) is 2.43. The van der Waals surface area contributed by atoms with Gasteiger partial charge in [-0.2, -0.15) is 0 Å². The van der Waals surface area contributed by atoms with E-state index in [-0.39, 0.29) is 18.2 Å². The molecule has 4 nitrogen and oxygen atoms in total. The lowest BCUT2D eigenvalue weighted by Gasteiger charge is -2.31. The Labute approximate surface area is 105 Å². The third kappa shape index (κ3) is 1.48. The molecule has 3 atom stereocenters. The fraction of sp³-hybridized carbons (Fsp3) is 0.357. The number of anilines is 1. The number of hydrogen-bond donors (Lipinski definition) is 0. The first-order valence-corrected chi connectivity index (χ1v) is 5.94. The minimum Gasteiger partial charge on any atom is -0.449 e. The Kier molecular flexibility index (Phi) is 2.49. The molecule has 0 N–H and O–H groups in total. The van der Waals surface area contributed by atoms with Gasteiger partial charge in [0.15, 0.2) is 0 Å². The summed E-state index contributed by atoms with van der Waals surface area (Å²) in [6.45, 7) is 2.10. The Balaban J connectivity index is 2.05. The minimum atomic E-state index is -0.415. The topological polar surface area (TPSA) is 42.1 Å². The Morgan fingerprint density at radius 1 is 1.56 bits per heavy atom. The molecule has 1 saturated heterocycles. The van der Waals surface area contributed by atoms with Crippen LogP contribution in [0.4, 0.5) is 10.5 Å². The van der Waals surface area contributed by atoms with Gasteiger partial charge in [-0.1, -0.05) is 24.1 Å². The van der Waals surface area contributed by atoms with E-state index in [1.54, 1.807) is 6.92 Å². The number of hydrogen-bond acceptors (Lipinski definition) is 3. The van der Waals surface area contributed by atoms with Crippen molar-refractivity contribution in [2.24, 2.45) is 0 Å². The SMILES string of the molecule is C#CC1[C@H]2O[C@H]2c2ccccc2N1C(=O)OCC. The summed E-state index contributed by atoms with van der Waals surface area (Å²) < 4.78 is 10.6. The number of nitrogens with zero attached hydrogens (tertiary/aromatic N) is 1. The molecule has 1 aromatic carbocycles. The first-order chi connectivity index (χ1) is 8.77. The molecule has 0 aromatic heterocycles. The molecule has 0 spiro atoms.